The van der Waals surface area contributed by atoms with E-state index in [0.717, 1.165) is 44.4 Å². The lowest BCUT2D eigenvalue weighted by Gasteiger charge is -2.16. The molecule has 1 saturated carbocycles. The fourth-order valence-corrected chi connectivity index (χ4v) is 3.09. The van der Waals surface area contributed by atoms with Gasteiger partial charge in [-0.15, -0.1) is 10.2 Å². The van der Waals surface area contributed by atoms with Crippen molar-refractivity contribution in [3.05, 3.63) is 48.0 Å². The van der Waals surface area contributed by atoms with E-state index in [2.05, 4.69) is 69.6 Å². The normalized spacial score (nSPS) is 15.8. The summed E-state index contributed by atoms with van der Waals surface area (Å²) in [5.41, 5.74) is 1.65. The molecule has 1 aromatic carbocycles. The van der Waals surface area contributed by atoms with E-state index in [4.69, 9.17) is 4.99 Å². The third kappa shape index (κ3) is 4.38. The average molecular weight is 340 g/mol. The van der Waals surface area contributed by atoms with Gasteiger partial charge in [-0.05, 0) is 25.3 Å². The molecule has 0 aliphatic heterocycles. The minimum Gasteiger partial charge on any atom is -0.357 e. The van der Waals surface area contributed by atoms with Gasteiger partial charge < -0.3 is 15.2 Å². The van der Waals surface area contributed by atoms with Crippen molar-refractivity contribution in [1.29, 1.82) is 0 Å². The summed E-state index contributed by atoms with van der Waals surface area (Å²) in [6.45, 7) is 7.52. The Bertz CT molecular complexity index is 687. The van der Waals surface area contributed by atoms with Gasteiger partial charge in [0.2, 0.25) is 0 Å². The van der Waals surface area contributed by atoms with Crippen LogP contribution in [0, 0.1) is 0 Å². The average Bonchev–Trinajstić information content (AvgIpc) is 3.31. The number of nitrogens with one attached hydrogen (secondary N) is 2. The number of rotatable bonds is 8. The third-order valence-electron chi connectivity index (χ3n) is 4.78. The number of aryl methyl sites for hydroxylation is 1. The highest BCUT2D eigenvalue weighted by molar-refractivity contribution is 5.79. The summed E-state index contributed by atoms with van der Waals surface area (Å²) in [5.74, 6) is 1.90. The van der Waals surface area contributed by atoms with E-state index in [9.17, 15) is 0 Å². The predicted octanol–water partition coefficient (Wildman–Crippen LogP) is 2.13. The second kappa shape index (κ2) is 8.14. The van der Waals surface area contributed by atoms with Crippen molar-refractivity contribution < 1.29 is 0 Å². The van der Waals surface area contributed by atoms with E-state index >= 15 is 0 Å². The van der Waals surface area contributed by atoms with Gasteiger partial charge in [-0.25, -0.2) is 0 Å². The first-order valence-electron chi connectivity index (χ1n) is 9.22. The van der Waals surface area contributed by atoms with Crippen molar-refractivity contribution in [1.82, 2.24) is 25.4 Å². The van der Waals surface area contributed by atoms with Crippen LogP contribution in [0.15, 0.2) is 41.7 Å². The fraction of sp³-hybridized carbons (Fsp3) is 0.526. The lowest BCUT2D eigenvalue weighted by molar-refractivity contribution is 0.629. The van der Waals surface area contributed by atoms with Gasteiger partial charge in [0.1, 0.15) is 12.2 Å². The molecule has 1 heterocycles. The van der Waals surface area contributed by atoms with Gasteiger partial charge in [0.25, 0.3) is 0 Å². The number of aliphatic imine (C=N–C) groups is 1. The molecule has 0 saturated heterocycles. The molecule has 134 valence electrons. The summed E-state index contributed by atoms with van der Waals surface area (Å²) in [5, 5.41) is 14.9. The molecule has 0 unspecified atom stereocenters. The van der Waals surface area contributed by atoms with E-state index in [1.165, 1.54) is 18.4 Å². The molecular formula is C19H28N6. The maximum Gasteiger partial charge on any atom is 0.191 e. The summed E-state index contributed by atoms with van der Waals surface area (Å²) in [6.07, 6.45) is 5.13. The van der Waals surface area contributed by atoms with Crippen LogP contribution in [0.5, 0.6) is 0 Å². The largest absolute Gasteiger partial charge is 0.357 e. The minimum absolute atomic E-state index is 0.243. The van der Waals surface area contributed by atoms with Crippen LogP contribution in [0.3, 0.4) is 0 Å². The maximum absolute atomic E-state index is 4.84. The van der Waals surface area contributed by atoms with Crippen LogP contribution in [-0.4, -0.2) is 40.4 Å². The fourth-order valence-electron chi connectivity index (χ4n) is 3.09. The van der Waals surface area contributed by atoms with Crippen molar-refractivity contribution in [2.45, 2.75) is 45.1 Å². The highest BCUT2D eigenvalue weighted by Gasteiger charge is 2.43. The SMILES string of the molecule is CCNC(=NCC1(c2ccccc2)CC1)NCCn1cnnc1CC. The first kappa shape index (κ1) is 17.5. The zero-order valence-electron chi connectivity index (χ0n) is 15.2. The molecule has 1 aliphatic carbocycles. The molecule has 1 aromatic heterocycles. The zero-order chi connectivity index (χ0) is 17.5. The Morgan fingerprint density at radius 1 is 1.20 bits per heavy atom. The van der Waals surface area contributed by atoms with Crippen LogP contribution in [0.2, 0.25) is 0 Å². The van der Waals surface area contributed by atoms with E-state index in [-0.39, 0.29) is 5.41 Å². The lowest BCUT2D eigenvalue weighted by Crippen LogP contribution is -2.39. The second-order valence-electron chi connectivity index (χ2n) is 6.56. The Labute approximate surface area is 149 Å². The monoisotopic (exact) mass is 340 g/mol. The smallest absolute Gasteiger partial charge is 0.191 e. The molecule has 6 nitrogen and oxygen atoms in total. The molecule has 0 atom stereocenters. The van der Waals surface area contributed by atoms with E-state index in [0.29, 0.717) is 0 Å². The third-order valence-corrected chi connectivity index (χ3v) is 4.78. The molecule has 1 fully saturated rings. The van der Waals surface area contributed by atoms with Gasteiger partial charge >= 0.3 is 0 Å². The highest BCUT2D eigenvalue weighted by Crippen LogP contribution is 2.48. The molecular weight excluding hydrogens is 312 g/mol. The Morgan fingerprint density at radius 2 is 2.00 bits per heavy atom. The highest BCUT2D eigenvalue weighted by atomic mass is 15.3. The zero-order valence-corrected chi connectivity index (χ0v) is 15.2. The van der Waals surface area contributed by atoms with E-state index < -0.39 is 0 Å². The minimum atomic E-state index is 0.243. The van der Waals surface area contributed by atoms with E-state index in [1.54, 1.807) is 6.33 Å². The van der Waals surface area contributed by atoms with Crippen molar-refractivity contribution in [2.75, 3.05) is 19.6 Å². The van der Waals surface area contributed by atoms with Gasteiger partial charge in [0.05, 0.1) is 6.54 Å². The van der Waals surface area contributed by atoms with Gasteiger partial charge in [-0.1, -0.05) is 37.3 Å². The number of hydrogen-bond donors (Lipinski definition) is 2. The van der Waals surface area contributed by atoms with Gasteiger partial charge in [0.15, 0.2) is 5.96 Å². The maximum atomic E-state index is 4.84. The molecule has 0 spiro atoms. The number of benzene rings is 1. The molecule has 0 amide bonds. The molecule has 0 radical (unpaired) electrons. The second-order valence-corrected chi connectivity index (χ2v) is 6.56. The summed E-state index contributed by atoms with van der Waals surface area (Å²) in [4.78, 5) is 4.84. The summed E-state index contributed by atoms with van der Waals surface area (Å²) < 4.78 is 2.09. The van der Waals surface area contributed by atoms with Crippen LogP contribution in [0.25, 0.3) is 0 Å². The Hall–Kier alpha value is -2.37. The van der Waals surface area contributed by atoms with Crippen LogP contribution in [0.4, 0.5) is 0 Å². The first-order chi connectivity index (χ1) is 12.3. The standard InChI is InChI=1S/C19H28N6/c1-3-17-24-23-15-25(17)13-12-21-18(20-4-2)22-14-19(10-11-19)16-8-6-5-7-9-16/h5-9,15H,3-4,10-14H2,1-2H3,(H2,20,21,22). The van der Waals surface area contributed by atoms with Crippen molar-refractivity contribution in [3.63, 3.8) is 0 Å². The summed E-state index contributed by atoms with van der Waals surface area (Å²) in [6, 6.07) is 10.8. The molecule has 6 heteroatoms. The van der Waals surface area contributed by atoms with Gasteiger partial charge in [-0.3, -0.25) is 4.99 Å². The van der Waals surface area contributed by atoms with Crippen LogP contribution in [-0.2, 0) is 18.4 Å². The van der Waals surface area contributed by atoms with Crippen LogP contribution < -0.4 is 10.6 Å². The number of aromatic nitrogens is 3. The molecule has 0 bridgehead atoms. The van der Waals surface area contributed by atoms with E-state index in [1.807, 2.05) is 0 Å². The molecule has 2 aromatic rings. The van der Waals surface area contributed by atoms with Crippen molar-refractivity contribution in [3.8, 4) is 0 Å². The van der Waals surface area contributed by atoms with Crippen molar-refractivity contribution in [2.24, 2.45) is 4.99 Å². The van der Waals surface area contributed by atoms with Crippen molar-refractivity contribution >= 4 is 5.96 Å². The number of hydrogen-bond acceptors (Lipinski definition) is 3. The Kier molecular flexibility index (Phi) is 5.68. The lowest BCUT2D eigenvalue weighted by atomic mass is 9.96. The Morgan fingerprint density at radius 3 is 2.68 bits per heavy atom. The van der Waals surface area contributed by atoms with Crippen LogP contribution in [0.1, 0.15) is 38.1 Å². The Balaban J connectivity index is 1.56. The summed E-state index contributed by atoms with van der Waals surface area (Å²) >= 11 is 0. The topological polar surface area (TPSA) is 67.1 Å². The molecule has 3 rings (SSSR count). The quantitative estimate of drug-likeness (QED) is 0.571. The van der Waals surface area contributed by atoms with Gasteiger partial charge in [-0.2, -0.15) is 0 Å². The molecule has 1 aliphatic rings. The number of nitrogens with zero attached hydrogens (tertiary/aromatic N) is 4. The summed E-state index contributed by atoms with van der Waals surface area (Å²) in [7, 11) is 0. The van der Waals surface area contributed by atoms with Crippen LogP contribution >= 0.6 is 0 Å². The van der Waals surface area contributed by atoms with Gasteiger partial charge in [0, 0.05) is 31.5 Å². The number of guanidine groups is 1. The first-order valence-corrected chi connectivity index (χ1v) is 9.22. The molecule has 2 N–H and O–H groups in total. The molecule has 25 heavy (non-hydrogen) atoms. The predicted molar refractivity (Wildman–Crippen MR) is 101 cm³/mol.